The summed E-state index contributed by atoms with van der Waals surface area (Å²) in [6, 6.07) is 7.89. The van der Waals surface area contributed by atoms with E-state index in [4.69, 9.17) is 0 Å². The van der Waals surface area contributed by atoms with E-state index in [1.54, 1.807) is 12.5 Å². The predicted molar refractivity (Wildman–Crippen MR) is 83.0 cm³/mol. The quantitative estimate of drug-likeness (QED) is 0.658. The van der Waals surface area contributed by atoms with Crippen molar-refractivity contribution in [2.75, 3.05) is 11.9 Å². The van der Waals surface area contributed by atoms with E-state index >= 15 is 0 Å². The molecule has 1 aromatic carbocycles. The van der Waals surface area contributed by atoms with Gasteiger partial charge in [0.25, 0.3) is 0 Å². The number of aromatic amines is 1. The van der Waals surface area contributed by atoms with Crippen molar-refractivity contribution in [1.82, 2.24) is 20.6 Å². The van der Waals surface area contributed by atoms with Gasteiger partial charge in [-0.2, -0.15) is 0 Å². The maximum absolute atomic E-state index is 11.8. The molecule has 0 saturated carbocycles. The highest BCUT2D eigenvalue weighted by atomic mass is 16.2. The van der Waals surface area contributed by atoms with Crippen molar-refractivity contribution in [3.63, 3.8) is 0 Å². The lowest BCUT2D eigenvalue weighted by atomic mass is 10.1. The molecule has 0 bridgehead atoms. The van der Waals surface area contributed by atoms with E-state index < -0.39 is 0 Å². The summed E-state index contributed by atoms with van der Waals surface area (Å²) < 4.78 is 0. The Morgan fingerprint density at radius 1 is 1.33 bits per heavy atom. The monoisotopic (exact) mass is 287 g/mol. The fourth-order valence-corrected chi connectivity index (χ4v) is 2.01. The minimum Gasteiger partial charge on any atom is -0.347 e. The standard InChI is InChI=1S/C15H21N5O/c1-3-17-11(2)12-4-6-13(7-5-12)20-15(21)18-9-14-8-16-10-19-14/h4-8,10-11,17H,3,9H2,1-2H3,(H,16,19)(H2,18,20,21). The lowest BCUT2D eigenvalue weighted by molar-refractivity contribution is 0.251. The van der Waals surface area contributed by atoms with Gasteiger partial charge in [0.2, 0.25) is 0 Å². The van der Waals surface area contributed by atoms with Crippen molar-refractivity contribution in [3.8, 4) is 0 Å². The molecule has 0 aliphatic heterocycles. The number of urea groups is 1. The van der Waals surface area contributed by atoms with Gasteiger partial charge in [0, 0.05) is 17.9 Å². The van der Waals surface area contributed by atoms with Crippen molar-refractivity contribution in [2.45, 2.75) is 26.4 Å². The number of H-pyrrole nitrogens is 1. The maximum atomic E-state index is 11.8. The number of nitrogens with zero attached hydrogens (tertiary/aromatic N) is 1. The van der Waals surface area contributed by atoms with E-state index in [0.717, 1.165) is 17.9 Å². The molecule has 4 N–H and O–H groups in total. The molecule has 112 valence electrons. The summed E-state index contributed by atoms with van der Waals surface area (Å²) in [6.07, 6.45) is 3.26. The van der Waals surface area contributed by atoms with Gasteiger partial charge in [-0.25, -0.2) is 9.78 Å². The van der Waals surface area contributed by atoms with Crippen LogP contribution in [0.25, 0.3) is 0 Å². The maximum Gasteiger partial charge on any atom is 0.319 e. The molecular weight excluding hydrogens is 266 g/mol. The van der Waals surface area contributed by atoms with Crippen LogP contribution < -0.4 is 16.0 Å². The minimum atomic E-state index is -0.239. The molecule has 1 unspecified atom stereocenters. The number of hydrogen-bond acceptors (Lipinski definition) is 3. The van der Waals surface area contributed by atoms with Gasteiger partial charge in [-0.05, 0) is 31.2 Å². The number of rotatable bonds is 6. The number of carbonyl (C=O) groups excluding carboxylic acids is 1. The Morgan fingerprint density at radius 2 is 2.10 bits per heavy atom. The van der Waals surface area contributed by atoms with Crippen LogP contribution in [0, 0.1) is 0 Å². The first-order valence-electron chi connectivity index (χ1n) is 7.04. The topological polar surface area (TPSA) is 81.8 Å². The molecule has 2 amide bonds. The van der Waals surface area contributed by atoms with Gasteiger partial charge in [-0.1, -0.05) is 19.1 Å². The van der Waals surface area contributed by atoms with Crippen LogP contribution in [0.15, 0.2) is 36.8 Å². The van der Waals surface area contributed by atoms with Gasteiger partial charge >= 0.3 is 6.03 Å². The zero-order valence-corrected chi connectivity index (χ0v) is 12.3. The van der Waals surface area contributed by atoms with Gasteiger partial charge in [0.15, 0.2) is 0 Å². The Kier molecular flexibility index (Phi) is 5.34. The molecule has 0 radical (unpaired) electrons. The highest BCUT2D eigenvalue weighted by molar-refractivity contribution is 5.89. The second-order valence-electron chi connectivity index (χ2n) is 4.79. The summed E-state index contributed by atoms with van der Waals surface area (Å²) in [5.41, 5.74) is 2.82. The van der Waals surface area contributed by atoms with Gasteiger partial charge in [0.1, 0.15) is 0 Å². The molecule has 6 nitrogen and oxygen atoms in total. The van der Waals surface area contributed by atoms with Gasteiger partial charge in [-0.3, -0.25) is 0 Å². The van der Waals surface area contributed by atoms with E-state index in [1.807, 2.05) is 24.3 Å². The summed E-state index contributed by atoms with van der Waals surface area (Å²) in [5.74, 6) is 0. The highest BCUT2D eigenvalue weighted by Crippen LogP contribution is 2.15. The van der Waals surface area contributed by atoms with Crippen LogP contribution in [0.5, 0.6) is 0 Å². The van der Waals surface area contributed by atoms with Crippen LogP contribution in [0.1, 0.15) is 31.1 Å². The largest absolute Gasteiger partial charge is 0.347 e. The van der Waals surface area contributed by atoms with Gasteiger partial charge in [0.05, 0.1) is 18.6 Å². The molecule has 2 aromatic rings. The third-order valence-electron chi connectivity index (χ3n) is 3.17. The fraction of sp³-hybridized carbons (Fsp3) is 0.333. The zero-order chi connectivity index (χ0) is 15.1. The second-order valence-corrected chi connectivity index (χ2v) is 4.79. The van der Waals surface area contributed by atoms with Crippen LogP contribution in [0.4, 0.5) is 10.5 Å². The molecule has 0 spiro atoms. The average Bonchev–Trinajstić information content (AvgIpc) is 2.99. The number of aromatic nitrogens is 2. The molecule has 0 aliphatic carbocycles. The molecule has 2 rings (SSSR count). The Bertz CT molecular complexity index is 550. The third-order valence-corrected chi connectivity index (χ3v) is 3.17. The predicted octanol–water partition coefficient (Wildman–Crippen LogP) is 2.40. The average molecular weight is 287 g/mol. The Balaban J connectivity index is 1.83. The molecule has 21 heavy (non-hydrogen) atoms. The number of benzene rings is 1. The zero-order valence-electron chi connectivity index (χ0n) is 12.3. The third kappa shape index (κ3) is 4.61. The van der Waals surface area contributed by atoms with E-state index in [2.05, 4.69) is 39.8 Å². The van der Waals surface area contributed by atoms with Crippen molar-refractivity contribution in [3.05, 3.63) is 48.0 Å². The lowest BCUT2D eigenvalue weighted by Gasteiger charge is -2.13. The van der Waals surface area contributed by atoms with Gasteiger partial charge < -0.3 is 20.9 Å². The summed E-state index contributed by atoms with van der Waals surface area (Å²) in [4.78, 5) is 18.6. The Morgan fingerprint density at radius 3 is 2.71 bits per heavy atom. The molecule has 1 atom stereocenters. The number of hydrogen-bond donors (Lipinski definition) is 4. The van der Waals surface area contributed by atoms with Crippen molar-refractivity contribution >= 4 is 11.7 Å². The summed E-state index contributed by atoms with van der Waals surface area (Å²) in [7, 11) is 0. The van der Waals surface area contributed by atoms with Crippen molar-refractivity contribution in [1.29, 1.82) is 0 Å². The van der Waals surface area contributed by atoms with Crippen LogP contribution in [-0.4, -0.2) is 22.5 Å². The summed E-state index contributed by atoms with van der Waals surface area (Å²) >= 11 is 0. The molecule has 0 fully saturated rings. The first-order valence-corrected chi connectivity index (χ1v) is 7.04. The van der Waals surface area contributed by atoms with Crippen LogP contribution in [-0.2, 0) is 6.54 Å². The number of amides is 2. The molecule has 0 saturated heterocycles. The van der Waals surface area contributed by atoms with E-state index in [1.165, 1.54) is 5.56 Å². The number of nitrogens with one attached hydrogen (secondary N) is 4. The smallest absolute Gasteiger partial charge is 0.319 e. The highest BCUT2D eigenvalue weighted by Gasteiger charge is 2.05. The van der Waals surface area contributed by atoms with Crippen LogP contribution in [0.3, 0.4) is 0 Å². The molecule has 1 heterocycles. The first-order chi connectivity index (χ1) is 10.2. The fourth-order valence-electron chi connectivity index (χ4n) is 2.01. The SMILES string of the molecule is CCNC(C)c1ccc(NC(=O)NCc2cnc[nH]2)cc1. The Hall–Kier alpha value is -2.34. The van der Waals surface area contributed by atoms with Crippen LogP contribution in [0.2, 0.25) is 0 Å². The molecular formula is C15H21N5O. The van der Waals surface area contributed by atoms with E-state index in [9.17, 15) is 4.79 Å². The minimum absolute atomic E-state index is 0.239. The first kappa shape index (κ1) is 15.1. The molecule has 0 aliphatic rings. The van der Waals surface area contributed by atoms with Crippen molar-refractivity contribution in [2.24, 2.45) is 0 Å². The van der Waals surface area contributed by atoms with Crippen LogP contribution >= 0.6 is 0 Å². The van der Waals surface area contributed by atoms with E-state index in [0.29, 0.717) is 12.6 Å². The Labute approximate surface area is 124 Å². The summed E-state index contributed by atoms with van der Waals surface area (Å²) in [5, 5.41) is 8.90. The molecule has 6 heteroatoms. The summed E-state index contributed by atoms with van der Waals surface area (Å²) in [6.45, 7) is 5.54. The molecule has 1 aromatic heterocycles. The van der Waals surface area contributed by atoms with Gasteiger partial charge in [-0.15, -0.1) is 0 Å². The van der Waals surface area contributed by atoms with E-state index in [-0.39, 0.29) is 6.03 Å². The lowest BCUT2D eigenvalue weighted by Crippen LogP contribution is -2.28. The van der Waals surface area contributed by atoms with Crippen molar-refractivity contribution < 1.29 is 4.79 Å². The number of carbonyl (C=O) groups is 1. The second kappa shape index (κ2) is 7.44. The normalized spacial score (nSPS) is 11.9. The number of anilines is 1. The number of imidazole rings is 1.